The molecule has 2 rings (SSSR count). The summed E-state index contributed by atoms with van der Waals surface area (Å²) in [7, 11) is 0. The van der Waals surface area contributed by atoms with E-state index in [4.69, 9.17) is 4.74 Å². The molecule has 0 saturated heterocycles. The van der Waals surface area contributed by atoms with Gasteiger partial charge in [0.25, 0.3) is 0 Å². The molecule has 0 aromatic carbocycles. The summed E-state index contributed by atoms with van der Waals surface area (Å²) in [5, 5.41) is 1.13. The van der Waals surface area contributed by atoms with E-state index in [0.717, 1.165) is 22.5 Å². The second kappa shape index (κ2) is 4.06. The summed E-state index contributed by atoms with van der Waals surface area (Å²) < 4.78 is 5.82. The first-order valence-corrected chi connectivity index (χ1v) is 6.03. The van der Waals surface area contributed by atoms with Gasteiger partial charge in [0.1, 0.15) is 5.65 Å². The Balaban J connectivity index is 2.59. The van der Waals surface area contributed by atoms with Crippen LogP contribution in [0.2, 0.25) is 0 Å². The average molecular weight is 232 g/mol. The third-order valence-corrected chi connectivity index (χ3v) is 2.66. The fraction of sp³-hybridized carbons (Fsp3) is 0.500. The smallest absolute Gasteiger partial charge is 0.219 e. The van der Waals surface area contributed by atoms with Gasteiger partial charge in [0, 0.05) is 17.1 Å². The van der Waals surface area contributed by atoms with Crippen LogP contribution in [-0.4, -0.2) is 16.1 Å². The normalized spacial score (nSPS) is 12.4. The van der Waals surface area contributed by atoms with E-state index in [1.165, 1.54) is 0 Å². The Morgan fingerprint density at radius 2 is 2.00 bits per heavy atom. The maximum Gasteiger partial charge on any atom is 0.219 e. The van der Waals surface area contributed by atoms with E-state index in [2.05, 4.69) is 36.8 Å². The molecule has 0 atom stereocenters. The lowest BCUT2D eigenvalue weighted by Crippen LogP contribution is -2.17. The van der Waals surface area contributed by atoms with Crippen molar-refractivity contribution in [1.29, 1.82) is 0 Å². The van der Waals surface area contributed by atoms with Gasteiger partial charge in [-0.05, 0) is 31.4 Å². The molecule has 2 aromatic heterocycles. The van der Waals surface area contributed by atoms with E-state index in [-0.39, 0.29) is 11.5 Å². The highest BCUT2D eigenvalue weighted by molar-refractivity contribution is 5.77. The first-order chi connectivity index (χ1) is 7.88. The summed E-state index contributed by atoms with van der Waals surface area (Å²) in [6.45, 7) is 10.6. The Morgan fingerprint density at radius 1 is 1.29 bits per heavy atom. The lowest BCUT2D eigenvalue weighted by molar-refractivity contribution is 0.227. The summed E-state index contributed by atoms with van der Waals surface area (Å²) in [4.78, 5) is 7.68. The van der Waals surface area contributed by atoms with Crippen LogP contribution in [0.3, 0.4) is 0 Å². The monoisotopic (exact) mass is 232 g/mol. The SMILES string of the molecule is CC(C)Oc1nc2[nH]ccc2cc1C(C)(C)C. The quantitative estimate of drug-likeness (QED) is 0.858. The zero-order chi connectivity index (χ0) is 12.6. The standard InChI is InChI=1S/C14H20N2O/c1-9(2)17-13-11(14(3,4)5)8-10-6-7-15-12(10)16-13/h6-9H,1-5H3,(H,15,16). The van der Waals surface area contributed by atoms with Crippen LogP contribution in [-0.2, 0) is 5.41 Å². The van der Waals surface area contributed by atoms with Gasteiger partial charge < -0.3 is 9.72 Å². The number of nitrogens with one attached hydrogen (secondary N) is 1. The minimum Gasteiger partial charge on any atom is -0.475 e. The summed E-state index contributed by atoms with van der Waals surface area (Å²) in [5.41, 5.74) is 2.06. The highest BCUT2D eigenvalue weighted by Crippen LogP contribution is 2.32. The number of aromatic nitrogens is 2. The molecule has 0 aliphatic heterocycles. The van der Waals surface area contributed by atoms with E-state index in [9.17, 15) is 0 Å². The Morgan fingerprint density at radius 3 is 2.59 bits per heavy atom. The second-order valence-corrected chi connectivity index (χ2v) is 5.67. The summed E-state index contributed by atoms with van der Waals surface area (Å²) in [6, 6.07) is 4.20. The van der Waals surface area contributed by atoms with Gasteiger partial charge >= 0.3 is 0 Å². The molecule has 0 saturated carbocycles. The predicted molar refractivity (Wildman–Crippen MR) is 70.6 cm³/mol. The molecule has 3 heteroatoms. The van der Waals surface area contributed by atoms with E-state index in [1.54, 1.807) is 0 Å². The van der Waals surface area contributed by atoms with Gasteiger partial charge in [-0.15, -0.1) is 0 Å². The molecular weight excluding hydrogens is 212 g/mol. The Labute approximate surface area is 102 Å². The van der Waals surface area contributed by atoms with Crippen LogP contribution in [0, 0.1) is 0 Å². The average Bonchev–Trinajstić information content (AvgIpc) is 2.60. The van der Waals surface area contributed by atoms with Crippen molar-refractivity contribution >= 4 is 11.0 Å². The number of rotatable bonds is 2. The number of H-pyrrole nitrogens is 1. The van der Waals surface area contributed by atoms with E-state index in [1.807, 2.05) is 26.1 Å². The molecule has 0 fully saturated rings. The molecule has 0 aliphatic rings. The van der Waals surface area contributed by atoms with Crippen molar-refractivity contribution in [1.82, 2.24) is 9.97 Å². The molecule has 92 valence electrons. The lowest BCUT2D eigenvalue weighted by atomic mass is 9.87. The Bertz CT molecular complexity index is 520. The zero-order valence-corrected chi connectivity index (χ0v) is 11.2. The molecule has 2 aromatic rings. The second-order valence-electron chi connectivity index (χ2n) is 5.67. The minimum absolute atomic E-state index is 0.0304. The van der Waals surface area contributed by atoms with E-state index >= 15 is 0 Å². The highest BCUT2D eigenvalue weighted by Gasteiger charge is 2.22. The zero-order valence-electron chi connectivity index (χ0n) is 11.2. The lowest BCUT2D eigenvalue weighted by Gasteiger charge is -2.23. The van der Waals surface area contributed by atoms with E-state index < -0.39 is 0 Å². The number of pyridine rings is 1. The number of hydrogen-bond acceptors (Lipinski definition) is 2. The topological polar surface area (TPSA) is 37.9 Å². The first kappa shape index (κ1) is 12.0. The molecule has 0 aliphatic carbocycles. The van der Waals surface area contributed by atoms with Crippen LogP contribution >= 0.6 is 0 Å². The predicted octanol–water partition coefficient (Wildman–Crippen LogP) is 3.65. The molecule has 2 heterocycles. The van der Waals surface area contributed by atoms with Crippen LogP contribution in [0.1, 0.15) is 40.2 Å². The van der Waals surface area contributed by atoms with Crippen LogP contribution in [0.5, 0.6) is 5.88 Å². The molecule has 0 unspecified atom stereocenters. The van der Waals surface area contributed by atoms with Crippen molar-refractivity contribution in [2.24, 2.45) is 0 Å². The Hall–Kier alpha value is -1.51. The maximum absolute atomic E-state index is 5.82. The fourth-order valence-electron chi connectivity index (χ4n) is 1.82. The van der Waals surface area contributed by atoms with Crippen LogP contribution in [0.25, 0.3) is 11.0 Å². The number of aromatic amines is 1. The van der Waals surface area contributed by atoms with Gasteiger partial charge in [0.05, 0.1) is 6.10 Å². The van der Waals surface area contributed by atoms with Gasteiger partial charge in [-0.1, -0.05) is 20.8 Å². The Kier molecular flexibility index (Phi) is 2.86. The molecule has 0 amide bonds. The van der Waals surface area contributed by atoms with E-state index in [0.29, 0.717) is 0 Å². The van der Waals surface area contributed by atoms with Gasteiger partial charge in [-0.25, -0.2) is 0 Å². The van der Waals surface area contributed by atoms with Gasteiger partial charge in [-0.2, -0.15) is 4.98 Å². The van der Waals surface area contributed by atoms with Gasteiger partial charge in [0.2, 0.25) is 5.88 Å². The molecule has 3 nitrogen and oxygen atoms in total. The third kappa shape index (κ3) is 2.43. The van der Waals surface area contributed by atoms with Gasteiger partial charge in [-0.3, -0.25) is 0 Å². The number of hydrogen-bond donors (Lipinski definition) is 1. The molecule has 0 radical (unpaired) electrons. The molecule has 0 bridgehead atoms. The van der Waals surface area contributed by atoms with Crippen LogP contribution in [0.15, 0.2) is 18.3 Å². The summed E-state index contributed by atoms with van der Waals surface area (Å²) >= 11 is 0. The fourth-order valence-corrected chi connectivity index (χ4v) is 1.82. The molecule has 1 N–H and O–H groups in total. The number of fused-ring (bicyclic) bond motifs is 1. The highest BCUT2D eigenvalue weighted by atomic mass is 16.5. The van der Waals surface area contributed by atoms with Gasteiger partial charge in [0.15, 0.2) is 0 Å². The molecule has 0 spiro atoms. The maximum atomic E-state index is 5.82. The summed E-state index contributed by atoms with van der Waals surface area (Å²) in [5.74, 6) is 0.738. The third-order valence-electron chi connectivity index (χ3n) is 2.66. The van der Waals surface area contributed by atoms with Crippen molar-refractivity contribution in [2.45, 2.75) is 46.1 Å². The number of nitrogens with zero attached hydrogens (tertiary/aromatic N) is 1. The van der Waals surface area contributed by atoms with Crippen LogP contribution < -0.4 is 4.74 Å². The van der Waals surface area contributed by atoms with Crippen molar-refractivity contribution < 1.29 is 4.74 Å². The number of ether oxygens (including phenoxy) is 1. The molecule has 17 heavy (non-hydrogen) atoms. The van der Waals surface area contributed by atoms with Crippen molar-refractivity contribution in [2.75, 3.05) is 0 Å². The van der Waals surface area contributed by atoms with Crippen molar-refractivity contribution in [3.8, 4) is 5.88 Å². The van der Waals surface area contributed by atoms with Crippen molar-refractivity contribution in [3.63, 3.8) is 0 Å². The first-order valence-electron chi connectivity index (χ1n) is 6.03. The summed E-state index contributed by atoms with van der Waals surface area (Å²) in [6.07, 6.45) is 2.04. The van der Waals surface area contributed by atoms with Crippen LogP contribution in [0.4, 0.5) is 0 Å². The molecular formula is C14H20N2O. The van der Waals surface area contributed by atoms with Crippen molar-refractivity contribution in [3.05, 3.63) is 23.9 Å². The minimum atomic E-state index is 0.0304. The largest absolute Gasteiger partial charge is 0.475 e.